The molecule has 100 valence electrons. The van der Waals surface area contributed by atoms with Gasteiger partial charge in [0.05, 0.1) is 6.61 Å². The number of ether oxygens (including phenoxy) is 1. The molecular weight excluding hydrogens is 234 g/mol. The van der Waals surface area contributed by atoms with Crippen molar-refractivity contribution in [1.82, 2.24) is 0 Å². The van der Waals surface area contributed by atoms with Crippen LogP contribution in [0.3, 0.4) is 0 Å². The van der Waals surface area contributed by atoms with Crippen LogP contribution in [0.5, 0.6) is 0 Å². The Labute approximate surface area is 115 Å². The summed E-state index contributed by atoms with van der Waals surface area (Å²) >= 11 is 0. The highest BCUT2D eigenvalue weighted by molar-refractivity contribution is 5.24. The molecule has 0 radical (unpaired) electrons. The smallest absolute Gasteiger partial charge is 0.0713 e. The minimum absolute atomic E-state index is 0.153. The van der Waals surface area contributed by atoms with Gasteiger partial charge in [0.2, 0.25) is 0 Å². The predicted octanol–water partition coefficient (Wildman–Crippen LogP) is 2.95. The van der Waals surface area contributed by atoms with Gasteiger partial charge in [0.25, 0.3) is 0 Å². The molecular formula is C17H21NO. The molecule has 2 nitrogen and oxygen atoms in total. The lowest BCUT2D eigenvalue weighted by Gasteiger charge is -2.12. The lowest BCUT2D eigenvalue weighted by Crippen LogP contribution is -2.25. The Kier molecular flexibility index (Phi) is 5.13. The van der Waals surface area contributed by atoms with Crippen molar-refractivity contribution in [1.29, 1.82) is 0 Å². The van der Waals surface area contributed by atoms with E-state index >= 15 is 0 Å². The highest BCUT2D eigenvalue weighted by atomic mass is 16.5. The average Bonchev–Trinajstić information content (AvgIpc) is 2.40. The normalized spacial score (nSPS) is 12.3. The molecule has 0 amide bonds. The first kappa shape index (κ1) is 13.8. The van der Waals surface area contributed by atoms with Crippen LogP contribution in [0.4, 0.5) is 0 Å². The molecule has 0 aliphatic heterocycles. The summed E-state index contributed by atoms with van der Waals surface area (Å²) < 4.78 is 5.15. The molecule has 0 bridgehead atoms. The van der Waals surface area contributed by atoms with Crippen LogP contribution in [-0.2, 0) is 24.2 Å². The van der Waals surface area contributed by atoms with Crippen LogP contribution in [0.2, 0.25) is 0 Å². The van der Waals surface area contributed by atoms with Gasteiger partial charge in [-0.2, -0.15) is 0 Å². The monoisotopic (exact) mass is 255 g/mol. The highest BCUT2D eigenvalue weighted by Crippen LogP contribution is 2.10. The van der Waals surface area contributed by atoms with E-state index in [2.05, 4.69) is 48.5 Å². The van der Waals surface area contributed by atoms with Gasteiger partial charge in [-0.3, -0.25) is 0 Å². The van der Waals surface area contributed by atoms with Crippen molar-refractivity contribution in [3.8, 4) is 0 Å². The third-order valence-electron chi connectivity index (χ3n) is 3.14. The van der Waals surface area contributed by atoms with Crippen LogP contribution >= 0.6 is 0 Å². The van der Waals surface area contributed by atoms with E-state index in [1.54, 1.807) is 7.11 Å². The molecule has 0 saturated carbocycles. The minimum atomic E-state index is 0.153. The van der Waals surface area contributed by atoms with Gasteiger partial charge in [0.15, 0.2) is 0 Å². The molecule has 19 heavy (non-hydrogen) atoms. The Bertz CT molecular complexity index is 496. The van der Waals surface area contributed by atoms with Crippen molar-refractivity contribution >= 4 is 0 Å². The van der Waals surface area contributed by atoms with Crippen LogP contribution in [0.1, 0.15) is 16.7 Å². The zero-order valence-electron chi connectivity index (χ0n) is 11.4. The van der Waals surface area contributed by atoms with Gasteiger partial charge in [0, 0.05) is 13.2 Å². The largest absolute Gasteiger partial charge is 0.380 e. The SMILES string of the molecule is COCc1cccc(CC(N)Cc2ccccc2)c1. The number of nitrogens with two attached hydrogens (primary N) is 1. The number of methoxy groups -OCH3 is 1. The zero-order chi connectivity index (χ0) is 13.5. The van der Waals surface area contributed by atoms with Crippen molar-refractivity contribution in [2.24, 2.45) is 5.73 Å². The fourth-order valence-electron chi connectivity index (χ4n) is 2.30. The molecule has 1 atom stereocenters. The van der Waals surface area contributed by atoms with Crippen LogP contribution in [0, 0.1) is 0 Å². The van der Waals surface area contributed by atoms with E-state index in [1.165, 1.54) is 16.7 Å². The van der Waals surface area contributed by atoms with E-state index in [0.29, 0.717) is 6.61 Å². The van der Waals surface area contributed by atoms with E-state index in [9.17, 15) is 0 Å². The van der Waals surface area contributed by atoms with Crippen molar-refractivity contribution < 1.29 is 4.74 Å². The van der Waals surface area contributed by atoms with Crippen LogP contribution in [-0.4, -0.2) is 13.2 Å². The third kappa shape index (κ3) is 4.51. The molecule has 0 saturated heterocycles. The molecule has 2 aromatic rings. The second kappa shape index (κ2) is 7.07. The Morgan fingerprint density at radius 1 is 0.895 bits per heavy atom. The molecule has 2 N–H and O–H groups in total. The van der Waals surface area contributed by atoms with E-state index in [0.717, 1.165) is 12.8 Å². The van der Waals surface area contributed by atoms with E-state index in [-0.39, 0.29) is 6.04 Å². The minimum Gasteiger partial charge on any atom is -0.380 e. The third-order valence-corrected chi connectivity index (χ3v) is 3.14. The maximum absolute atomic E-state index is 6.23. The topological polar surface area (TPSA) is 35.2 Å². The molecule has 0 aliphatic carbocycles. The number of benzene rings is 2. The van der Waals surface area contributed by atoms with Gasteiger partial charge >= 0.3 is 0 Å². The maximum Gasteiger partial charge on any atom is 0.0713 e. The second-order valence-electron chi connectivity index (χ2n) is 4.91. The predicted molar refractivity (Wildman–Crippen MR) is 79.0 cm³/mol. The summed E-state index contributed by atoms with van der Waals surface area (Å²) in [7, 11) is 1.72. The van der Waals surface area contributed by atoms with Gasteiger partial charge in [0.1, 0.15) is 0 Å². The van der Waals surface area contributed by atoms with Crippen LogP contribution in [0.15, 0.2) is 54.6 Å². The first-order valence-electron chi connectivity index (χ1n) is 6.64. The molecule has 0 fully saturated rings. The fourth-order valence-corrected chi connectivity index (χ4v) is 2.30. The molecule has 1 unspecified atom stereocenters. The van der Waals surface area contributed by atoms with Crippen molar-refractivity contribution in [3.63, 3.8) is 0 Å². The molecule has 0 aliphatic rings. The lowest BCUT2D eigenvalue weighted by atomic mass is 9.99. The zero-order valence-corrected chi connectivity index (χ0v) is 11.4. The molecule has 0 aromatic heterocycles. The number of hydrogen-bond donors (Lipinski definition) is 1. The summed E-state index contributed by atoms with van der Waals surface area (Å²) in [6.07, 6.45) is 1.81. The van der Waals surface area contributed by atoms with Crippen molar-refractivity contribution in [3.05, 3.63) is 71.3 Å². The van der Waals surface area contributed by atoms with Crippen molar-refractivity contribution in [2.45, 2.75) is 25.5 Å². The van der Waals surface area contributed by atoms with E-state index in [1.807, 2.05) is 6.07 Å². The highest BCUT2D eigenvalue weighted by Gasteiger charge is 2.06. The van der Waals surface area contributed by atoms with Gasteiger partial charge in [-0.05, 0) is 29.5 Å². The van der Waals surface area contributed by atoms with Crippen LogP contribution < -0.4 is 5.73 Å². The fraction of sp³-hybridized carbons (Fsp3) is 0.294. The Morgan fingerprint density at radius 2 is 1.53 bits per heavy atom. The molecule has 0 spiro atoms. The Hall–Kier alpha value is -1.64. The first-order valence-corrected chi connectivity index (χ1v) is 6.64. The van der Waals surface area contributed by atoms with Crippen molar-refractivity contribution in [2.75, 3.05) is 7.11 Å². The van der Waals surface area contributed by atoms with Gasteiger partial charge in [-0.15, -0.1) is 0 Å². The van der Waals surface area contributed by atoms with E-state index < -0.39 is 0 Å². The number of rotatable bonds is 6. The molecule has 2 heteroatoms. The van der Waals surface area contributed by atoms with Gasteiger partial charge in [-0.1, -0.05) is 54.6 Å². The van der Waals surface area contributed by atoms with E-state index in [4.69, 9.17) is 10.5 Å². The van der Waals surface area contributed by atoms with Gasteiger partial charge < -0.3 is 10.5 Å². The molecule has 2 rings (SSSR count). The lowest BCUT2D eigenvalue weighted by molar-refractivity contribution is 0.185. The maximum atomic E-state index is 6.23. The first-order chi connectivity index (χ1) is 9.28. The second-order valence-corrected chi connectivity index (χ2v) is 4.91. The summed E-state index contributed by atoms with van der Waals surface area (Å²) in [6, 6.07) is 19.0. The molecule has 2 aromatic carbocycles. The number of hydrogen-bond acceptors (Lipinski definition) is 2. The molecule has 0 heterocycles. The Balaban J connectivity index is 1.95. The average molecular weight is 255 g/mol. The summed E-state index contributed by atoms with van der Waals surface area (Å²) in [5, 5.41) is 0. The van der Waals surface area contributed by atoms with Crippen LogP contribution in [0.25, 0.3) is 0 Å². The quantitative estimate of drug-likeness (QED) is 0.861. The standard InChI is InChI=1S/C17H21NO/c1-19-13-16-9-5-8-15(10-16)12-17(18)11-14-6-3-2-4-7-14/h2-10,17H,11-13,18H2,1H3. The van der Waals surface area contributed by atoms with Gasteiger partial charge in [-0.25, -0.2) is 0 Å². The summed E-state index contributed by atoms with van der Waals surface area (Å²) in [6.45, 7) is 0.655. The summed E-state index contributed by atoms with van der Waals surface area (Å²) in [5.74, 6) is 0. The summed E-state index contributed by atoms with van der Waals surface area (Å²) in [5.41, 5.74) is 10.0. The summed E-state index contributed by atoms with van der Waals surface area (Å²) in [4.78, 5) is 0. The Morgan fingerprint density at radius 3 is 2.26 bits per heavy atom.